The Kier molecular flexibility index (Phi) is 6.01. The highest BCUT2D eigenvalue weighted by Gasteiger charge is 2.06. The topological polar surface area (TPSA) is 54.2 Å². The highest BCUT2D eigenvalue weighted by molar-refractivity contribution is 5.79. The third kappa shape index (κ3) is 4.91. The van der Waals surface area contributed by atoms with E-state index in [9.17, 15) is 0 Å². The first kappa shape index (κ1) is 16.1. The standard InChI is InChI=1S/C17H25N5/c1-14-5-7-16(8-6-14)15(2)13-20-17(18-3)19-10-12-22-11-4-9-21-22/h4-9,11,15H,10,12-13H2,1-3H3,(H2,18,19,20). The van der Waals surface area contributed by atoms with Crippen LogP contribution in [0.25, 0.3) is 0 Å². The van der Waals surface area contributed by atoms with Gasteiger partial charge in [-0.2, -0.15) is 5.10 Å². The molecule has 22 heavy (non-hydrogen) atoms. The van der Waals surface area contributed by atoms with Crippen LogP contribution in [0.4, 0.5) is 0 Å². The van der Waals surface area contributed by atoms with Gasteiger partial charge in [0.15, 0.2) is 5.96 Å². The van der Waals surface area contributed by atoms with E-state index in [-0.39, 0.29) is 0 Å². The fourth-order valence-electron chi connectivity index (χ4n) is 2.20. The van der Waals surface area contributed by atoms with Crippen molar-refractivity contribution < 1.29 is 0 Å². The summed E-state index contributed by atoms with van der Waals surface area (Å²) in [7, 11) is 1.79. The summed E-state index contributed by atoms with van der Waals surface area (Å²) in [5.74, 6) is 1.26. The first-order chi connectivity index (χ1) is 10.7. The molecule has 0 radical (unpaired) electrons. The highest BCUT2D eigenvalue weighted by atomic mass is 15.3. The maximum atomic E-state index is 4.25. The predicted molar refractivity (Wildman–Crippen MR) is 91.2 cm³/mol. The second kappa shape index (κ2) is 8.22. The van der Waals surface area contributed by atoms with Crippen LogP contribution < -0.4 is 10.6 Å². The molecule has 1 atom stereocenters. The van der Waals surface area contributed by atoms with Gasteiger partial charge in [0.1, 0.15) is 0 Å². The molecule has 0 amide bonds. The number of aryl methyl sites for hydroxylation is 1. The zero-order valence-corrected chi connectivity index (χ0v) is 13.6. The van der Waals surface area contributed by atoms with Gasteiger partial charge in [-0.25, -0.2) is 0 Å². The Morgan fingerprint density at radius 3 is 2.68 bits per heavy atom. The molecule has 0 bridgehead atoms. The third-order valence-corrected chi connectivity index (χ3v) is 3.64. The summed E-state index contributed by atoms with van der Waals surface area (Å²) in [6.45, 7) is 6.79. The average molecular weight is 299 g/mol. The zero-order chi connectivity index (χ0) is 15.8. The van der Waals surface area contributed by atoms with Crippen molar-refractivity contribution in [1.82, 2.24) is 20.4 Å². The van der Waals surface area contributed by atoms with Gasteiger partial charge in [-0.05, 0) is 24.5 Å². The molecule has 5 heteroatoms. The second-order valence-corrected chi connectivity index (χ2v) is 5.46. The molecule has 0 saturated heterocycles. The monoisotopic (exact) mass is 299 g/mol. The molecular weight excluding hydrogens is 274 g/mol. The summed E-state index contributed by atoms with van der Waals surface area (Å²) in [5, 5.41) is 10.8. The van der Waals surface area contributed by atoms with Gasteiger partial charge in [0.05, 0.1) is 6.54 Å². The summed E-state index contributed by atoms with van der Waals surface area (Å²) in [6.07, 6.45) is 3.74. The third-order valence-electron chi connectivity index (χ3n) is 3.64. The SMILES string of the molecule is CN=C(NCCn1cccn1)NCC(C)c1ccc(C)cc1. The van der Waals surface area contributed by atoms with Gasteiger partial charge in [0.25, 0.3) is 0 Å². The van der Waals surface area contributed by atoms with Crippen molar-refractivity contribution in [1.29, 1.82) is 0 Å². The Hall–Kier alpha value is -2.30. The Morgan fingerprint density at radius 1 is 1.27 bits per heavy atom. The van der Waals surface area contributed by atoms with Crippen LogP contribution in [-0.2, 0) is 6.54 Å². The Balaban J connectivity index is 1.74. The lowest BCUT2D eigenvalue weighted by atomic mass is 10.0. The van der Waals surface area contributed by atoms with E-state index < -0.39 is 0 Å². The van der Waals surface area contributed by atoms with Crippen LogP contribution in [0.3, 0.4) is 0 Å². The largest absolute Gasteiger partial charge is 0.356 e. The molecule has 2 aromatic rings. The van der Waals surface area contributed by atoms with Crippen LogP contribution in [0.15, 0.2) is 47.7 Å². The molecule has 1 heterocycles. The number of nitrogens with zero attached hydrogens (tertiary/aromatic N) is 3. The fraction of sp³-hybridized carbons (Fsp3) is 0.412. The molecule has 0 spiro atoms. The van der Waals surface area contributed by atoms with Crippen molar-refractivity contribution in [2.45, 2.75) is 26.3 Å². The molecule has 2 rings (SSSR count). The number of hydrogen-bond donors (Lipinski definition) is 2. The smallest absolute Gasteiger partial charge is 0.191 e. The molecule has 0 saturated carbocycles. The van der Waals surface area contributed by atoms with Gasteiger partial charge < -0.3 is 10.6 Å². The molecule has 1 aromatic carbocycles. The van der Waals surface area contributed by atoms with Crippen molar-refractivity contribution in [3.63, 3.8) is 0 Å². The van der Waals surface area contributed by atoms with Crippen molar-refractivity contribution >= 4 is 5.96 Å². The van der Waals surface area contributed by atoms with Crippen LogP contribution in [-0.4, -0.2) is 35.9 Å². The Morgan fingerprint density at radius 2 is 2.05 bits per heavy atom. The molecule has 1 aromatic heterocycles. The van der Waals surface area contributed by atoms with E-state index in [1.807, 2.05) is 16.9 Å². The van der Waals surface area contributed by atoms with E-state index in [1.165, 1.54) is 11.1 Å². The maximum Gasteiger partial charge on any atom is 0.191 e. The van der Waals surface area contributed by atoms with Crippen molar-refractivity contribution in [3.05, 3.63) is 53.9 Å². The fourth-order valence-corrected chi connectivity index (χ4v) is 2.20. The van der Waals surface area contributed by atoms with Crippen molar-refractivity contribution in [3.8, 4) is 0 Å². The highest BCUT2D eigenvalue weighted by Crippen LogP contribution is 2.14. The van der Waals surface area contributed by atoms with E-state index in [1.54, 1.807) is 13.2 Å². The maximum absolute atomic E-state index is 4.25. The molecule has 118 valence electrons. The average Bonchev–Trinajstić information content (AvgIpc) is 3.04. The van der Waals surface area contributed by atoms with Gasteiger partial charge in [-0.15, -0.1) is 0 Å². The summed E-state index contributed by atoms with van der Waals surface area (Å²) >= 11 is 0. The van der Waals surface area contributed by atoms with Crippen LogP contribution in [0.5, 0.6) is 0 Å². The van der Waals surface area contributed by atoms with Crippen LogP contribution in [0.2, 0.25) is 0 Å². The first-order valence-corrected chi connectivity index (χ1v) is 7.67. The molecule has 0 fully saturated rings. The van der Waals surface area contributed by atoms with E-state index in [0.717, 1.165) is 25.6 Å². The Labute approximate surface area is 132 Å². The van der Waals surface area contributed by atoms with Crippen LogP contribution in [0, 0.1) is 6.92 Å². The lowest BCUT2D eigenvalue weighted by Crippen LogP contribution is -2.40. The second-order valence-electron chi connectivity index (χ2n) is 5.46. The molecule has 5 nitrogen and oxygen atoms in total. The quantitative estimate of drug-likeness (QED) is 0.635. The van der Waals surface area contributed by atoms with E-state index in [2.05, 4.69) is 58.8 Å². The minimum Gasteiger partial charge on any atom is -0.356 e. The number of guanidine groups is 1. The van der Waals surface area contributed by atoms with Crippen LogP contribution in [0.1, 0.15) is 24.0 Å². The normalized spacial score (nSPS) is 13.0. The molecule has 0 aliphatic rings. The zero-order valence-electron chi connectivity index (χ0n) is 13.6. The van der Waals surface area contributed by atoms with Crippen LogP contribution >= 0.6 is 0 Å². The number of hydrogen-bond acceptors (Lipinski definition) is 2. The summed E-state index contributed by atoms with van der Waals surface area (Å²) < 4.78 is 1.90. The van der Waals surface area contributed by atoms with Gasteiger partial charge in [-0.1, -0.05) is 36.8 Å². The number of benzene rings is 1. The lowest BCUT2D eigenvalue weighted by molar-refractivity contribution is 0.595. The Bertz CT molecular complexity index is 572. The molecule has 0 aliphatic carbocycles. The number of aliphatic imine (C=N–C) groups is 1. The summed E-state index contributed by atoms with van der Waals surface area (Å²) in [4.78, 5) is 4.25. The predicted octanol–water partition coefficient (Wildman–Crippen LogP) is 2.16. The van der Waals surface area contributed by atoms with E-state index >= 15 is 0 Å². The molecule has 1 unspecified atom stereocenters. The summed E-state index contributed by atoms with van der Waals surface area (Å²) in [5.41, 5.74) is 2.63. The van der Waals surface area contributed by atoms with E-state index in [4.69, 9.17) is 0 Å². The van der Waals surface area contributed by atoms with Gasteiger partial charge >= 0.3 is 0 Å². The minimum absolute atomic E-state index is 0.435. The molecular formula is C17H25N5. The number of aromatic nitrogens is 2. The molecule has 2 N–H and O–H groups in total. The minimum atomic E-state index is 0.435. The number of nitrogens with one attached hydrogen (secondary N) is 2. The van der Waals surface area contributed by atoms with Gasteiger partial charge in [0, 0.05) is 32.5 Å². The summed E-state index contributed by atoms with van der Waals surface area (Å²) in [6, 6.07) is 10.6. The molecule has 0 aliphatic heterocycles. The lowest BCUT2D eigenvalue weighted by Gasteiger charge is -2.16. The van der Waals surface area contributed by atoms with Crippen molar-refractivity contribution in [2.75, 3.05) is 20.1 Å². The first-order valence-electron chi connectivity index (χ1n) is 7.67. The van der Waals surface area contributed by atoms with Gasteiger partial charge in [0.2, 0.25) is 0 Å². The van der Waals surface area contributed by atoms with Gasteiger partial charge in [-0.3, -0.25) is 9.67 Å². The van der Waals surface area contributed by atoms with Crippen molar-refractivity contribution in [2.24, 2.45) is 4.99 Å². The number of rotatable bonds is 6. The van der Waals surface area contributed by atoms with E-state index in [0.29, 0.717) is 5.92 Å².